The number of Topliss-reactive ketones (excluding diaryl/α,β-unsaturated/α-hetero) is 2. The predicted molar refractivity (Wildman–Crippen MR) is 73.1 cm³/mol. The van der Waals surface area contributed by atoms with Crippen LogP contribution in [0.3, 0.4) is 0 Å². The van der Waals surface area contributed by atoms with Crippen molar-refractivity contribution in [2.75, 3.05) is 5.88 Å². The maximum Gasteiger partial charge on any atom is 0.141 e. The largest absolute Gasteiger partial charge is 0.299 e. The molecule has 0 aromatic heterocycles. The third-order valence-corrected chi connectivity index (χ3v) is 4.75. The van der Waals surface area contributed by atoms with E-state index in [1.807, 2.05) is 12.2 Å². The van der Waals surface area contributed by atoms with Crippen molar-refractivity contribution in [2.45, 2.75) is 37.5 Å². The zero-order valence-electron chi connectivity index (χ0n) is 10.3. The van der Waals surface area contributed by atoms with Gasteiger partial charge >= 0.3 is 0 Å². The van der Waals surface area contributed by atoms with Gasteiger partial charge in [-0.3, -0.25) is 9.59 Å². The summed E-state index contributed by atoms with van der Waals surface area (Å²) in [5.74, 6) is 0.336. The highest BCUT2D eigenvalue weighted by Crippen LogP contribution is 2.41. The highest BCUT2D eigenvalue weighted by Gasteiger charge is 2.47. The van der Waals surface area contributed by atoms with E-state index in [-0.39, 0.29) is 34.7 Å². The first-order valence-electron chi connectivity index (χ1n) is 6.56. The molecule has 2 aliphatic rings. The summed E-state index contributed by atoms with van der Waals surface area (Å²) in [5.41, 5.74) is 0. The Morgan fingerprint density at radius 2 is 2.00 bits per heavy atom. The fourth-order valence-electron chi connectivity index (χ4n) is 3.17. The van der Waals surface area contributed by atoms with E-state index in [0.717, 1.165) is 19.3 Å². The smallest absolute Gasteiger partial charge is 0.141 e. The zero-order chi connectivity index (χ0) is 13.1. The van der Waals surface area contributed by atoms with Gasteiger partial charge in [0.05, 0.1) is 0 Å². The van der Waals surface area contributed by atoms with Crippen LogP contribution in [-0.2, 0) is 9.59 Å². The van der Waals surface area contributed by atoms with Crippen LogP contribution in [0, 0.1) is 17.8 Å². The van der Waals surface area contributed by atoms with Crippen LogP contribution >= 0.6 is 23.2 Å². The molecule has 0 spiro atoms. The van der Waals surface area contributed by atoms with Crippen LogP contribution in [0.25, 0.3) is 0 Å². The lowest BCUT2D eigenvalue weighted by molar-refractivity contribution is -0.143. The normalized spacial score (nSPS) is 37.0. The number of carbonyl (C=O) groups is 2. The second-order valence-corrected chi connectivity index (χ2v) is 6.08. The van der Waals surface area contributed by atoms with Gasteiger partial charge in [-0.1, -0.05) is 18.6 Å². The van der Waals surface area contributed by atoms with Crippen molar-refractivity contribution >= 4 is 34.8 Å². The van der Waals surface area contributed by atoms with Gasteiger partial charge in [0.2, 0.25) is 0 Å². The maximum absolute atomic E-state index is 12.4. The summed E-state index contributed by atoms with van der Waals surface area (Å²) in [5, 5.41) is -0.153. The number of allylic oxidation sites excluding steroid dienone is 2. The Labute approximate surface area is 118 Å². The molecule has 0 N–H and O–H groups in total. The summed E-state index contributed by atoms with van der Waals surface area (Å²) < 4.78 is 0. The molecule has 2 nitrogen and oxygen atoms in total. The van der Waals surface area contributed by atoms with E-state index < -0.39 is 0 Å². The first kappa shape index (κ1) is 14.1. The van der Waals surface area contributed by atoms with Crippen LogP contribution in [0.1, 0.15) is 32.1 Å². The average Bonchev–Trinajstić information content (AvgIpc) is 2.35. The SMILES string of the molecule is O=C1C[C@@H](C/C=C\CCl)C(=O)C2C(Cl)CCCC12. The summed E-state index contributed by atoms with van der Waals surface area (Å²) in [6.07, 6.45) is 7.37. The first-order chi connectivity index (χ1) is 8.65. The van der Waals surface area contributed by atoms with Gasteiger partial charge in [-0.15, -0.1) is 23.2 Å². The second-order valence-electron chi connectivity index (χ2n) is 5.21. The summed E-state index contributed by atoms with van der Waals surface area (Å²) in [7, 11) is 0. The molecule has 2 fully saturated rings. The van der Waals surface area contributed by atoms with E-state index >= 15 is 0 Å². The average molecular weight is 289 g/mol. The minimum atomic E-state index is -0.240. The van der Waals surface area contributed by atoms with E-state index in [2.05, 4.69) is 0 Å². The van der Waals surface area contributed by atoms with Gasteiger partial charge < -0.3 is 0 Å². The van der Waals surface area contributed by atoms with Gasteiger partial charge in [-0.05, 0) is 19.3 Å². The lowest BCUT2D eigenvalue weighted by Gasteiger charge is -2.39. The molecule has 2 saturated carbocycles. The Morgan fingerprint density at radius 1 is 1.22 bits per heavy atom. The molecule has 0 aliphatic heterocycles. The van der Waals surface area contributed by atoms with E-state index in [9.17, 15) is 9.59 Å². The molecule has 0 aromatic carbocycles. The Morgan fingerprint density at radius 3 is 2.72 bits per heavy atom. The summed E-state index contributed by atoms with van der Waals surface area (Å²) in [6, 6.07) is 0. The topological polar surface area (TPSA) is 34.1 Å². The van der Waals surface area contributed by atoms with Crippen molar-refractivity contribution in [3.8, 4) is 0 Å². The molecule has 2 aliphatic carbocycles. The number of hydrogen-bond acceptors (Lipinski definition) is 2. The number of rotatable bonds is 3. The van der Waals surface area contributed by atoms with E-state index in [1.54, 1.807) is 0 Å². The van der Waals surface area contributed by atoms with Crippen molar-refractivity contribution in [3.63, 3.8) is 0 Å². The molecule has 0 aromatic rings. The fourth-order valence-corrected chi connectivity index (χ4v) is 3.75. The number of fused-ring (bicyclic) bond motifs is 1. The standard InChI is InChI=1S/C14H18Cl2O2/c15-7-2-1-4-9-8-12(17)10-5-3-6-11(16)13(10)14(9)18/h1-2,9-11,13H,3-8H2/b2-1-/t9-,10?,11?,13?/m1/s1. The van der Waals surface area contributed by atoms with Crippen LogP contribution in [-0.4, -0.2) is 22.8 Å². The molecule has 100 valence electrons. The maximum atomic E-state index is 12.4. The number of alkyl halides is 2. The molecule has 18 heavy (non-hydrogen) atoms. The molecule has 3 unspecified atom stereocenters. The zero-order valence-corrected chi connectivity index (χ0v) is 11.8. The Balaban J connectivity index is 2.10. The fraction of sp³-hybridized carbons (Fsp3) is 0.714. The van der Waals surface area contributed by atoms with Crippen LogP contribution in [0.4, 0.5) is 0 Å². The molecule has 0 bridgehead atoms. The number of carbonyl (C=O) groups excluding carboxylic acids is 2. The van der Waals surface area contributed by atoms with Crippen LogP contribution < -0.4 is 0 Å². The molecule has 2 rings (SSSR count). The summed E-state index contributed by atoms with van der Waals surface area (Å²) in [4.78, 5) is 24.5. The summed E-state index contributed by atoms with van der Waals surface area (Å²) in [6.45, 7) is 0. The molecule has 4 atom stereocenters. The molecule has 4 heteroatoms. The van der Waals surface area contributed by atoms with Crippen molar-refractivity contribution in [3.05, 3.63) is 12.2 Å². The second kappa shape index (κ2) is 6.21. The van der Waals surface area contributed by atoms with Crippen LogP contribution in [0.2, 0.25) is 0 Å². The lowest BCUT2D eigenvalue weighted by Crippen LogP contribution is -2.47. The summed E-state index contributed by atoms with van der Waals surface area (Å²) >= 11 is 11.8. The van der Waals surface area contributed by atoms with Gasteiger partial charge in [0.15, 0.2) is 0 Å². The van der Waals surface area contributed by atoms with Crippen molar-refractivity contribution < 1.29 is 9.59 Å². The van der Waals surface area contributed by atoms with Crippen molar-refractivity contribution in [1.82, 2.24) is 0 Å². The molecular formula is C14H18Cl2O2. The van der Waals surface area contributed by atoms with Crippen LogP contribution in [0.5, 0.6) is 0 Å². The molecule has 0 saturated heterocycles. The number of hydrogen-bond donors (Lipinski definition) is 0. The number of halogens is 2. The van der Waals surface area contributed by atoms with Crippen molar-refractivity contribution in [1.29, 1.82) is 0 Å². The molecule has 0 radical (unpaired) electrons. The Bertz CT molecular complexity index is 365. The lowest BCUT2D eigenvalue weighted by atomic mass is 9.65. The molecule has 0 amide bonds. The monoisotopic (exact) mass is 288 g/mol. The van der Waals surface area contributed by atoms with E-state index in [1.165, 1.54) is 0 Å². The molecular weight excluding hydrogens is 271 g/mol. The minimum absolute atomic E-state index is 0.109. The highest BCUT2D eigenvalue weighted by molar-refractivity contribution is 6.23. The van der Waals surface area contributed by atoms with Gasteiger partial charge in [0.1, 0.15) is 11.6 Å². The third kappa shape index (κ3) is 2.80. The Kier molecular flexibility index (Phi) is 4.85. The van der Waals surface area contributed by atoms with E-state index in [0.29, 0.717) is 18.7 Å². The third-order valence-electron chi connectivity index (χ3n) is 4.09. The van der Waals surface area contributed by atoms with E-state index in [4.69, 9.17) is 23.2 Å². The van der Waals surface area contributed by atoms with Gasteiger partial charge in [0.25, 0.3) is 0 Å². The quantitative estimate of drug-likeness (QED) is 0.590. The van der Waals surface area contributed by atoms with Gasteiger partial charge in [0, 0.05) is 35.4 Å². The number of ketones is 2. The highest BCUT2D eigenvalue weighted by atomic mass is 35.5. The Hall–Kier alpha value is -0.340. The molecule has 0 heterocycles. The predicted octanol–water partition coefficient (Wildman–Crippen LogP) is 3.35. The minimum Gasteiger partial charge on any atom is -0.299 e. The van der Waals surface area contributed by atoms with Crippen LogP contribution in [0.15, 0.2) is 12.2 Å². The first-order valence-corrected chi connectivity index (χ1v) is 7.53. The van der Waals surface area contributed by atoms with Gasteiger partial charge in [-0.25, -0.2) is 0 Å². The van der Waals surface area contributed by atoms with Crippen molar-refractivity contribution in [2.24, 2.45) is 17.8 Å². The van der Waals surface area contributed by atoms with Gasteiger partial charge in [-0.2, -0.15) is 0 Å².